The van der Waals surface area contributed by atoms with Gasteiger partial charge in [-0.25, -0.2) is 9.37 Å². The minimum atomic E-state index is -0.218. The predicted molar refractivity (Wildman–Crippen MR) is 169 cm³/mol. The fourth-order valence-corrected chi connectivity index (χ4v) is 5.98. The minimum absolute atomic E-state index is 0.218. The van der Waals surface area contributed by atoms with Crippen LogP contribution in [-0.2, 0) is 19.9 Å². The predicted octanol–water partition coefficient (Wildman–Crippen LogP) is 5.38. The summed E-state index contributed by atoms with van der Waals surface area (Å²) in [5, 5.41) is 13.8. The van der Waals surface area contributed by atoms with Gasteiger partial charge < -0.3 is 9.88 Å². The Hall–Kier alpha value is -4.30. The lowest BCUT2D eigenvalue weighted by molar-refractivity contribution is 0.334. The molecular formula is C34H38FN7. The molecule has 7 nitrogen and oxygen atoms in total. The zero-order valence-electron chi connectivity index (χ0n) is 24.7. The van der Waals surface area contributed by atoms with Crippen LogP contribution in [0.2, 0.25) is 0 Å². The number of halogens is 1. The summed E-state index contributed by atoms with van der Waals surface area (Å²) in [5.74, 6) is 0.409. The van der Waals surface area contributed by atoms with Crippen LogP contribution in [0, 0.1) is 5.82 Å². The van der Waals surface area contributed by atoms with Crippen molar-refractivity contribution in [1.29, 1.82) is 0 Å². The van der Waals surface area contributed by atoms with Crippen molar-refractivity contribution in [3.05, 3.63) is 81.9 Å². The van der Waals surface area contributed by atoms with Crippen molar-refractivity contribution >= 4 is 29.3 Å². The van der Waals surface area contributed by atoms with Crippen LogP contribution in [0.4, 0.5) is 4.39 Å². The fraction of sp³-hybridized carbons (Fsp3) is 0.324. The van der Waals surface area contributed by atoms with E-state index >= 15 is 0 Å². The van der Waals surface area contributed by atoms with Crippen molar-refractivity contribution in [2.75, 3.05) is 19.6 Å². The number of hydrogen-bond donors (Lipinski definition) is 2. The molecule has 6 rings (SSSR count). The highest BCUT2D eigenvalue weighted by atomic mass is 19.1. The molecule has 2 aromatic carbocycles. The third kappa shape index (κ3) is 5.72. The van der Waals surface area contributed by atoms with Gasteiger partial charge in [0, 0.05) is 29.6 Å². The molecule has 0 bridgehead atoms. The van der Waals surface area contributed by atoms with Crippen LogP contribution in [0.1, 0.15) is 49.9 Å². The lowest BCUT2D eigenvalue weighted by atomic mass is 9.99. The first kappa shape index (κ1) is 27.8. The molecule has 1 saturated heterocycles. The van der Waals surface area contributed by atoms with E-state index in [2.05, 4.69) is 57.7 Å². The summed E-state index contributed by atoms with van der Waals surface area (Å²) >= 11 is 0. The third-order valence-corrected chi connectivity index (χ3v) is 8.21. The first-order valence-corrected chi connectivity index (χ1v) is 14.9. The minimum Gasteiger partial charge on any atom is -0.337 e. The van der Waals surface area contributed by atoms with Crippen molar-refractivity contribution < 1.29 is 4.39 Å². The van der Waals surface area contributed by atoms with Crippen molar-refractivity contribution in [3.8, 4) is 22.6 Å². The van der Waals surface area contributed by atoms with Gasteiger partial charge in [-0.15, -0.1) is 0 Å². The number of likely N-dealkylation sites (tertiary alicyclic amines) is 1. The Labute approximate surface area is 245 Å². The second kappa shape index (κ2) is 11.9. The number of rotatable bonds is 9. The monoisotopic (exact) mass is 563 g/mol. The van der Waals surface area contributed by atoms with E-state index in [0.29, 0.717) is 11.5 Å². The van der Waals surface area contributed by atoms with Gasteiger partial charge in [-0.1, -0.05) is 37.8 Å². The van der Waals surface area contributed by atoms with Crippen molar-refractivity contribution in [2.24, 2.45) is 7.05 Å². The van der Waals surface area contributed by atoms with Gasteiger partial charge in [-0.2, -0.15) is 10.2 Å². The maximum absolute atomic E-state index is 14.8. The molecule has 216 valence electrons. The smallest absolute Gasteiger partial charge is 0.159 e. The van der Waals surface area contributed by atoms with Gasteiger partial charge >= 0.3 is 0 Å². The molecule has 0 amide bonds. The standard InChI is InChI=1S/C34H38FN7/c1-5-29-28(21-41(4)40-29)22(2)13-14-30-23(3)32(39-38-30)34-36-31-12-8-11-27(33(31)37-34)25-18-24(19-26(35)20-25)10-9-17-42-15-6-7-16-42/h8,11-14,18-21,38H,3,5-7,9-10,15-17H2,1-2,4H3,(H,36,37)/b22-13+,30-14+. The second-order valence-corrected chi connectivity index (χ2v) is 11.3. The molecule has 0 radical (unpaired) electrons. The number of H-pyrrole nitrogens is 2. The van der Waals surface area contributed by atoms with Gasteiger partial charge in [0.1, 0.15) is 11.5 Å². The molecule has 0 unspecified atom stereocenters. The lowest BCUT2D eigenvalue weighted by Crippen LogP contribution is -2.21. The summed E-state index contributed by atoms with van der Waals surface area (Å²) < 4.78 is 16.6. The molecule has 3 aromatic heterocycles. The summed E-state index contributed by atoms with van der Waals surface area (Å²) in [7, 11) is 1.94. The molecule has 5 aromatic rings. The first-order chi connectivity index (χ1) is 20.4. The lowest BCUT2D eigenvalue weighted by Gasteiger charge is -2.14. The Morgan fingerprint density at radius 3 is 2.81 bits per heavy atom. The average molecular weight is 564 g/mol. The normalized spacial score (nSPS) is 15.0. The topological polar surface area (TPSA) is 78.4 Å². The molecule has 1 fully saturated rings. The number of aromatic amines is 2. The van der Waals surface area contributed by atoms with Gasteiger partial charge in [0.15, 0.2) is 5.82 Å². The third-order valence-electron chi connectivity index (χ3n) is 8.21. The fourth-order valence-electron chi connectivity index (χ4n) is 5.98. The van der Waals surface area contributed by atoms with Gasteiger partial charge in [0.25, 0.3) is 0 Å². The molecule has 0 aliphatic carbocycles. The number of nitrogens with zero attached hydrogens (tertiary/aromatic N) is 5. The number of benzene rings is 2. The second-order valence-electron chi connectivity index (χ2n) is 11.3. The highest BCUT2D eigenvalue weighted by molar-refractivity contribution is 5.93. The van der Waals surface area contributed by atoms with E-state index in [-0.39, 0.29) is 5.82 Å². The highest BCUT2D eigenvalue weighted by Crippen LogP contribution is 2.30. The van der Waals surface area contributed by atoms with Gasteiger partial charge in [0.2, 0.25) is 0 Å². The van der Waals surface area contributed by atoms with Crippen LogP contribution in [-0.4, -0.2) is 54.5 Å². The van der Waals surface area contributed by atoms with Crippen LogP contribution in [0.15, 0.2) is 48.7 Å². The van der Waals surface area contributed by atoms with Crippen molar-refractivity contribution in [3.63, 3.8) is 0 Å². The molecule has 0 saturated carbocycles. The Kier molecular flexibility index (Phi) is 7.89. The van der Waals surface area contributed by atoms with Gasteiger partial charge in [0.05, 0.1) is 22.1 Å². The van der Waals surface area contributed by atoms with Crippen molar-refractivity contribution in [1.82, 2.24) is 34.8 Å². The number of nitrogens with one attached hydrogen (secondary N) is 2. The zero-order valence-corrected chi connectivity index (χ0v) is 24.7. The van der Waals surface area contributed by atoms with Crippen LogP contribution >= 0.6 is 0 Å². The summed E-state index contributed by atoms with van der Waals surface area (Å²) in [6.07, 6.45) is 11.4. The van der Waals surface area contributed by atoms with E-state index in [9.17, 15) is 4.39 Å². The average Bonchev–Trinajstić information content (AvgIpc) is 3.78. The number of para-hydroxylation sites is 1. The van der Waals surface area contributed by atoms with Gasteiger partial charge in [-0.05, 0) is 99.6 Å². The molecule has 4 heterocycles. The molecule has 1 aliphatic rings. The van der Waals surface area contributed by atoms with E-state index in [4.69, 9.17) is 4.98 Å². The molecule has 42 heavy (non-hydrogen) atoms. The largest absolute Gasteiger partial charge is 0.337 e. The summed E-state index contributed by atoms with van der Waals surface area (Å²) in [6.45, 7) is 11.9. The number of hydrogen-bond acceptors (Lipinski definition) is 4. The number of fused-ring (bicyclic) bond motifs is 1. The Bertz CT molecular complexity index is 1870. The quantitative estimate of drug-likeness (QED) is 0.253. The summed E-state index contributed by atoms with van der Waals surface area (Å²) in [4.78, 5) is 10.8. The number of aryl methyl sites for hydroxylation is 3. The van der Waals surface area contributed by atoms with E-state index in [0.717, 1.165) is 80.9 Å². The van der Waals surface area contributed by atoms with E-state index in [1.165, 1.54) is 25.9 Å². The molecule has 1 aliphatic heterocycles. The van der Waals surface area contributed by atoms with Gasteiger partial charge in [-0.3, -0.25) is 9.78 Å². The van der Waals surface area contributed by atoms with E-state index < -0.39 is 0 Å². The highest BCUT2D eigenvalue weighted by Gasteiger charge is 2.15. The van der Waals surface area contributed by atoms with Crippen LogP contribution in [0.5, 0.6) is 0 Å². The molecule has 8 heteroatoms. The van der Waals surface area contributed by atoms with Crippen molar-refractivity contribution in [2.45, 2.75) is 46.0 Å². The molecule has 0 atom stereocenters. The molecule has 2 N–H and O–H groups in total. The first-order valence-electron chi connectivity index (χ1n) is 14.9. The molecular weight excluding hydrogens is 525 g/mol. The SMILES string of the molecule is C=c1c(-c2nc3c(-c4cc(F)cc(CCCN5CCCC5)c4)cccc3[nH]2)n[nH]/c1=C/C=C(\C)c1cn(C)nc1CC. The Morgan fingerprint density at radius 2 is 2.00 bits per heavy atom. The Morgan fingerprint density at radius 1 is 1.17 bits per heavy atom. The maximum Gasteiger partial charge on any atom is 0.159 e. The Balaban J connectivity index is 1.28. The van der Waals surface area contributed by atoms with Crippen LogP contribution in [0.3, 0.4) is 0 Å². The van der Waals surface area contributed by atoms with E-state index in [1.54, 1.807) is 12.1 Å². The zero-order chi connectivity index (χ0) is 29.2. The number of aromatic nitrogens is 6. The molecule has 0 spiro atoms. The van der Waals surface area contributed by atoms with E-state index in [1.807, 2.05) is 42.2 Å². The number of allylic oxidation sites excluding steroid dienone is 2. The summed E-state index contributed by atoms with van der Waals surface area (Å²) in [6, 6.07) is 11.3. The number of imidazole rings is 1. The van der Waals surface area contributed by atoms with Crippen LogP contribution < -0.4 is 10.6 Å². The summed E-state index contributed by atoms with van der Waals surface area (Å²) in [5.41, 5.74) is 8.40. The maximum atomic E-state index is 14.8. The van der Waals surface area contributed by atoms with Crippen LogP contribution in [0.25, 0.3) is 51.9 Å².